The summed E-state index contributed by atoms with van der Waals surface area (Å²) < 4.78 is 27.2. The molecule has 0 bridgehead atoms. The van der Waals surface area contributed by atoms with Gasteiger partial charge >= 0.3 is 0 Å². The average molecular weight is 432 g/mol. The van der Waals surface area contributed by atoms with Crippen LogP contribution in [0.5, 0.6) is 28.7 Å². The molecule has 2 rings (SSSR count). The van der Waals surface area contributed by atoms with Crippen LogP contribution in [0.25, 0.3) is 0 Å². The normalized spacial score (nSPS) is 11.0. The van der Waals surface area contributed by atoms with Gasteiger partial charge in [-0.25, -0.2) is 4.99 Å². The second-order valence-corrected chi connectivity index (χ2v) is 6.70. The highest BCUT2D eigenvalue weighted by molar-refractivity contribution is 5.80. The molecule has 0 saturated carbocycles. The third-order valence-corrected chi connectivity index (χ3v) is 4.78. The van der Waals surface area contributed by atoms with Crippen LogP contribution >= 0.6 is 0 Å². The van der Waals surface area contributed by atoms with Gasteiger partial charge in [-0.15, -0.1) is 0 Å². The van der Waals surface area contributed by atoms with Crippen LogP contribution in [-0.2, 0) is 13.1 Å². The van der Waals surface area contributed by atoms with Crippen molar-refractivity contribution in [2.45, 2.75) is 20.0 Å². The molecule has 8 nitrogen and oxygen atoms in total. The van der Waals surface area contributed by atoms with Crippen molar-refractivity contribution in [3.8, 4) is 28.7 Å². The molecule has 0 aliphatic carbocycles. The van der Waals surface area contributed by atoms with Crippen molar-refractivity contribution in [2.75, 3.05) is 49.1 Å². The summed E-state index contributed by atoms with van der Waals surface area (Å²) in [7, 11) is 10.1. The SMILES string of the molecule is CCNC(=NCc1ccc(OC)c(OC)c1OC)N(C)Cc1ccc(OC)cc1OC. The summed E-state index contributed by atoms with van der Waals surface area (Å²) in [5.74, 6) is 4.06. The van der Waals surface area contributed by atoms with Crippen LogP contribution in [0.15, 0.2) is 35.3 Å². The van der Waals surface area contributed by atoms with E-state index in [4.69, 9.17) is 28.7 Å². The lowest BCUT2D eigenvalue weighted by Crippen LogP contribution is -2.38. The van der Waals surface area contributed by atoms with E-state index in [-0.39, 0.29) is 0 Å². The Morgan fingerprint density at radius 2 is 1.52 bits per heavy atom. The van der Waals surface area contributed by atoms with E-state index in [9.17, 15) is 0 Å². The Balaban J connectivity index is 2.28. The topological polar surface area (TPSA) is 73.8 Å². The fourth-order valence-electron chi connectivity index (χ4n) is 3.23. The van der Waals surface area contributed by atoms with Gasteiger partial charge in [0.1, 0.15) is 11.5 Å². The Labute approximate surface area is 184 Å². The van der Waals surface area contributed by atoms with Gasteiger partial charge in [-0.2, -0.15) is 0 Å². The minimum absolute atomic E-state index is 0.413. The van der Waals surface area contributed by atoms with Crippen molar-refractivity contribution in [1.82, 2.24) is 10.2 Å². The molecule has 0 heterocycles. The predicted molar refractivity (Wildman–Crippen MR) is 122 cm³/mol. The Morgan fingerprint density at radius 1 is 0.839 bits per heavy atom. The molecular formula is C23H33N3O5. The van der Waals surface area contributed by atoms with Crippen LogP contribution in [0.2, 0.25) is 0 Å². The monoisotopic (exact) mass is 431 g/mol. The molecule has 2 aromatic rings. The minimum atomic E-state index is 0.413. The van der Waals surface area contributed by atoms with Crippen LogP contribution in [0.4, 0.5) is 0 Å². The van der Waals surface area contributed by atoms with Gasteiger partial charge in [-0.1, -0.05) is 0 Å². The highest BCUT2D eigenvalue weighted by Crippen LogP contribution is 2.40. The lowest BCUT2D eigenvalue weighted by atomic mass is 10.1. The van der Waals surface area contributed by atoms with Crippen molar-refractivity contribution in [2.24, 2.45) is 4.99 Å². The van der Waals surface area contributed by atoms with E-state index in [1.54, 1.807) is 35.5 Å². The highest BCUT2D eigenvalue weighted by atomic mass is 16.5. The van der Waals surface area contributed by atoms with Crippen molar-refractivity contribution >= 4 is 5.96 Å². The van der Waals surface area contributed by atoms with Gasteiger partial charge in [0.25, 0.3) is 0 Å². The first-order valence-corrected chi connectivity index (χ1v) is 10.0. The van der Waals surface area contributed by atoms with Crippen molar-refractivity contribution < 1.29 is 23.7 Å². The number of benzene rings is 2. The number of nitrogens with one attached hydrogen (secondary N) is 1. The van der Waals surface area contributed by atoms with Gasteiger partial charge in [0.2, 0.25) is 5.75 Å². The largest absolute Gasteiger partial charge is 0.497 e. The average Bonchev–Trinajstić information content (AvgIpc) is 2.80. The zero-order valence-electron chi connectivity index (χ0n) is 19.4. The number of nitrogens with zero attached hydrogens (tertiary/aromatic N) is 2. The first kappa shape index (κ1) is 24.0. The Morgan fingerprint density at radius 3 is 2.10 bits per heavy atom. The molecule has 0 aliphatic heterocycles. The molecule has 0 fully saturated rings. The van der Waals surface area contributed by atoms with Crippen molar-refractivity contribution in [1.29, 1.82) is 0 Å². The quantitative estimate of drug-likeness (QED) is 0.457. The van der Waals surface area contributed by atoms with Gasteiger partial charge in [0, 0.05) is 37.3 Å². The molecule has 0 spiro atoms. The zero-order chi connectivity index (χ0) is 22.8. The van der Waals surface area contributed by atoms with E-state index in [0.29, 0.717) is 30.3 Å². The maximum absolute atomic E-state index is 5.57. The minimum Gasteiger partial charge on any atom is -0.497 e. The highest BCUT2D eigenvalue weighted by Gasteiger charge is 2.16. The number of guanidine groups is 1. The van der Waals surface area contributed by atoms with Crippen LogP contribution < -0.4 is 29.0 Å². The third kappa shape index (κ3) is 5.87. The fraction of sp³-hybridized carbons (Fsp3) is 0.435. The second kappa shape index (κ2) is 11.8. The summed E-state index contributed by atoms with van der Waals surface area (Å²) in [6.45, 7) is 3.80. The van der Waals surface area contributed by atoms with Gasteiger partial charge < -0.3 is 33.9 Å². The number of hydrogen-bond acceptors (Lipinski definition) is 6. The van der Waals surface area contributed by atoms with Gasteiger partial charge in [0.15, 0.2) is 17.5 Å². The molecule has 0 unspecified atom stereocenters. The van der Waals surface area contributed by atoms with Gasteiger partial charge in [-0.3, -0.25) is 0 Å². The molecular weight excluding hydrogens is 398 g/mol. The van der Waals surface area contributed by atoms with Crippen LogP contribution in [-0.4, -0.2) is 60.0 Å². The Hall–Kier alpha value is -3.29. The molecule has 31 heavy (non-hydrogen) atoms. The van der Waals surface area contributed by atoms with E-state index in [1.807, 2.05) is 49.2 Å². The molecule has 8 heteroatoms. The summed E-state index contributed by atoms with van der Waals surface area (Å²) in [6.07, 6.45) is 0. The molecule has 0 aliphatic rings. The number of rotatable bonds is 10. The molecule has 0 saturated heterocycles. The van der Waals surface area contributed by atoms with E-state index < -0.39 is 0 Å². The lowest BCUT2D eigenvalue weighted by molar-refractivity contribution is 0.322. The van der Waals surface area contributed by atoms with Crippen LogP contribution in [0.1, 0.15) is 18.1 Å². The molecule has 2 aromatic carbocycles. The smallest absolute Gasteiger partial charge is 0.203 e. The number of hydrogen-bond donors (Lipinski definition) is 1. The molecule has 0 amide bonds. The lowest BCUT2D eigenvalue weighted by Gasteiger charge is -2.23. The van der Waals surface area contributed by atoms with E-state index in [1.165, 1.54) is 0 Å². The van der Waals surface area contributed by atoms with Gasteiger partial charge in [-0.05, 0) is 31.2 Å². The molecule has 0 aromatic heterocycles. The summed E-state index contributed by atoms with van der Waals surface area (Å²) in [5, 5.41) is 3.34. The van der Waals surface area contributed by atoms with Crippen molar-refractivity contribution in [3.05, 3.63) is 41.5 Å². The first-order valence-electron chi connectivity index (χ1n) is 10.0. The maximum Gasteiger partial charge on any atom is 0.203 e. The first-order chi connectivity index (χ1) is 15.0. The zero-order valence-corrected chi connectivity index (χ0v) is 19.4. The number of aliphatic imine (C=N–C) groups is 1. The van der Waals surface area contributed by atoms with Gasteiger partial charge in [0.05, 0.1) is 42.1 Å². The fourth-order valence-corrected chi connectivity index (χ4v) is 3.23. The predicted octanol–water partition coefficient (Wildman–Crippen LogP) is 3.33. The standard InChI is InChI=1S/C23H33N3O5/c1-8-24-23(26(2)15-17-9-11-18(27-3)13-20(17)29-5)25-14-16-10-12-19(28-4)22(31-7)21(16)30-6/h9-13H,8,14-15H2,1-7H3,(H,24,25). The second-order valence-electron chi connectivity index (χ2n) is 6.70. The number of ether oxygens (including phenoxy) is 5. The van der Waals surface area contributed by atoms with E-state index in [0.717, 1.165) is 35.1 Å². The van der Waals surface area contributed by atoms with Crippen LogP contribution in [0.3, 0.4) is 0 Å². The molecule has 1 N–H and O–H groups in total. The van der Waals surface area contributed by atoms with E-state index in [2.05, 4.69) is 5.32 Å². The maximum atomic E-state index is 5.57. The number of methoxy groups -OCH3 is 5. The Kier molecular flexibility index (Phi) is 9.12. The molecule has 0 radical (unpaired) electrons. The molecule has 0 atom stereocenters. The van der Waals surface area contributed by atoms with E-state index >= 15 is 0 Å². The third-order valence-electron chi connectivity index (χ3n) is 4.78. The summed E-state index contributed by atoms with van der Waals surface area (Å²) in [6, 6.07) is 9.58. The van der Waals surface area contributed by atoms with Crippen LogP contribution in [0, 0.1) is 0 Å². The van der Waals surface area contributed by atoms with Crippen molar-refractivity contribution in [3.63, 3.8) is 0 Å². The Bertz CT molecular complexity index is 886. The summed E-state index contributed by atoms with van der Waals surface area (Å²) in [5.41, 5.74) is 1.92. The molecule has 170 valence electrons. The summed E-state index contributed by atoms with van der Waals surface area (Å²) >= 11 is 0. The summed E-state index contributed by atoms with van der Waals surface area (Å²) in [4.78, 5) is 6.84.